The summed E-state index contributed by atoms with van der Waals surface area (Å²) in [6.07, 6.45) is 2.71. The average Bonchev–Trinajstić information content (AvgIpc) is 2.36. The zero-order chi connectivity index (χ0) is 13.3. The molecule has 0 heterocycles. The second-order valence-electron chi connectivity index (χ2n) is 4.23. The van der Waals surface area contributed by atoms with E-state index in [0.29, 0.717) is 19.4 Å². The molecule has 5 heteroatoms. The number of nitrogens with one attached hydrogen (secondary N) is 1. The predicted molar refractivity (Wildman–Crippen MR) is 72.9 cm³/mol. The summed E-state index contributed by atoms with van der Waals surface area (Å²) in [6.45, 7) is 0.514. The predicted octanol–water partition coefficient (Wildman–Crippen LogP) is 1.31. The van der Waals surface area contributed by atoms with E-state index in [-0.39, 0.29) is 12.4 Å². The second-order valence-corrected chi connectivity index (χ2v) is 6.16. The van der Waals surface area contributed by atoms with Gasteiger partial charge in [0.2, 0.25) is 10.0 Å². The molecule has 1 rings (SSSR count). The molecule has 1 aromatic carbocycles. The standard InChI is InChI=1S/C13H21NO3S/c15-11-4-5-12-18(16,17)14-10-6-9-13-7-2-1-3-8-13/h1-3,7-8,14-15H,4-6,9-12H2. The summed E-state index contributed by atoms with van der Waals surface area (Å²) in [5.41, 5.74) is 1.22. The van der Waals surface area contributed by atoms with Gasteiger partial charge in [-0.3, -0.25) is 0 Å². The van der Waals surface area contributed by atoms with Crippen LogP contribution >= 0.6 is 0 Å². The summed E-state index contributed by atoms with van der Waals surface area (Å²) in [4.78, 5) is 0. The normalized spacial score (nSPS) is 11.6. The van der Waals surface area contributed by atoms with Crippen LogP contribution in [0.1, 0.15) is 24.8 Å². The van der Waals surface area contributed by atoms with Crippen molar-refractivity contribution in [2.45, 2.75) is 25.7 Å². The second kappa shape index (κ2) is 8.24. The highest BCUT2D eigenvalue weighted by atomic mass is 32.2. The fraction of sp³-hybridized carbons (Fsp3) is 0.538. The van der Waals surface area contributed by atoms with E-state index in [0.717, 1.165) is 12.8 Å². The van der Waals surface area contributed by atoms with Crippen molar-refractivity contribution >= 4 is 10.0 Å². The van der Waals surface area contributed by atoms with Crippen LogP contribution in [0.15, 0.2) is 30.3 Å². The average molecular weight is 271 g/mol. The molecular formula is C13H21NO3S. The van der Waals surface area contributed by atoms with E-state index in [4.69, 9.17) is 5.11 Å². The highest BCUT2D eigenvalue weighted by Crippen LogP contribution is 2.02. The van der Waals surface area contributed by atoms with Gasteiger partial charge in [-0.25, -0.2) is 13.1 Å². The van der Waals surface area contributed by atoms with E-state index in [1.165, 1.54) is 5.56 Å². The molecule has 0 spiro atoms. The minimum absolute atomic E-state index is 0.0452. The number of hydrogen-bond acceptors (Lipinski definition) is 3. The van der Waals surface area contributed by atoms with E-state index in [9.17, 15) is 8.42 Å². The molecule has 0 aromatic heterocycles. The lowest BCUT2D eigenvalue weighted by Gasteiger charge is -2.06. The molecule has 0 aliphatic heterocycles. The van der Waals surface area contributed by atoms with Gasteiger partial charge in [0, 0.05) is 13.2 Å². The molecule has 0 radical (unpaired) electrons. The Bertz CT molecular complexity index is 417. The van der Waals surface area contributed by atoms with Crippen molar-refractivity contribution < 1.29 is 13.5 Å². The molecule has 0 fully saturated rings. The number of aryl methyl sites for hydroxylation is 1. The maximum atomic E-state index is 11.5. The van der Waals surface area contributed by atoms with Gasteiger partial charge < -0.3 is 5.11 Å². The van der Waals surface area contributed by atoms with Crippen LogP contribution in [0, 0.1) is 0 Å². The van der Waals surface area contributed by atoms with Crippen molar-refractivity contribution in [3.8, 4) is 0 Å². The first-order chi connectivity index (χ1) is 8.64. The van der Waals surface area contributed by atoms with Crippen molar-refractivity contribution in [1.29, 1.82) is 0 Å². The van der Waals surface area contributed by atoms with Crippen LogP contribution in [0.25, 0.3) is 0 Å². The Morgan fingerprint density at radius 3 is 2.44 bits per heavy atom. The lowest BCUT2D eigenvalue weighted by atomic mass is 10.1. The molecule has 2 N–H and O–H groups in total. The molecular weight excluding hydrogens is 250 g/mol. The lowest BCUT2D eigenvalue weighted by Crippen LogP contribution is -2.27. The van der Waals surface area contributed by atoms with Crippen molar-refractivity contribution in [3.05, 3.63) is 35.9 Å². The van der Waals surface area contributed by atoms with E-state index < -0.39 is 10.0 Å². The molecule has 0 aliphatic rings. The highest BCUT2D eigenvalue weighted by molar-refractivity contribution is 7.89. The Kier molecular flexibility index (Phi) is 6.93. The van der Waals surface area contributed by atoms with Crippen LogP contribution in [0.2, 0.25) is 0 Å². The Balaban J connectivity index is 2.17. The number of hydrogen-bond donors (Lipinski definition) is 2. The molecule has 102 valence electrons. The topological polar surface area (TPSA) is 66.4 Å². The lowest BCUT2D eigenvalue weighted by molar-refractivity contribution is 0.287. The van der Waals surface area contributed by atoms with Gasteiger partial charge in [-0.15, -0.1) is 0 Å². The summed E-state index contributed by atoms with van der Waals surface area (Å²) in [7, 11) is -3.17. The molecule has 0 unspecified atom stereocenters. The first-order valence-corrected chi connectivity index (χ1v) is 7.91. The summed E-state index contributed by atoms with van der Waals surface area (Å²) >= 11 is 0. The molecule has 0 atom stereocenters. The summed E-state index contributed by atoms with van der Waals surface area (Å²) in [6, 6.07) is 10.0. The molecule has 18 heavy (non-hydrogen) atoms. The third kappa shape index (κ3) is 6.74. The number of aliphatic hydroxyl groups is 1. The van der Waals surface area contributed by atoms with Gasteiger partial charge in [0.25, 0.3) is 0 Å². The van der Waals surface area contributed by atoms with Gasteiger partial charge in [-0.1, -0.05) is 30.3 Å². The minimum Gasteiger partial charge on any atom is -0.396 e. The van der Waals surface area contributed by atoms with Crippen LogP contribution in [-0.2, 0) is 16.4 Å². The summed E-state index contributed by atoms with van der Waals surface area (Å²) in [5, 5.41) is 8.59. The van der Waals surface area contributed by atoms with E-state index in [1.54, 1.807) is 0 Å². The minimum atomic E-state index is -3.17. The van der Waals surface area contributed by atoms with Crippen molar-refractivity contribution in [2.24, 2.45) is 0 Å². The Morgan fingerprint density at radius 2 is 1.78 bits per heavy atom. The van der Waals surface area contributed by atoms with Crippen LogP contribution in [0.5, 0.6) is 0 Å². The molecule has 0 bridgehead atoms. The number of aliphatic hydroxyl groups excluding tert-OH is 1. The molecule has 0 amide bonds. The van der Waals surface area contributed by atoms with Crippen molar-refractivity contribution in [2.75, 3.05) is 18.9 Å². The van der Waals surface area contributed by atoms with E-state index >= 15 is 0 Å². The van der Waals surface area contributed by atoms with Crippen LogP contribution in [0.4, 0.5) is 0 Å². The highest BCUT2D eigenvalue weighted by Gasteiger charge is 2.08. The molecule has 1 aromatic rings. The largest absolute Gasteiger partial charge is 0.396 e. The smallest absolute Gasteiger partial charge is 0.211 e. The van der Waals surface area contributed by atoms with Gasteiger partial charge in [0.05, 0.1) is 5.75 Å². The number of sulfonamides is 1. The van der Waals surface area contributed by atoms with Crippen LogP contribution in [-0.4, -0.2) is 32.4 Å². The quantitative estimate of drug-likeness (QED) is 0.666. The number of unbranched alkanes of at least 4 members (excludes halogenated alkanes) is 1. The first-order valence-electron chi connectivity index (χ1n) is 6.26. The molecule has 0 aliphatic carbocycles. The van der Waals surface area contributed by atoms with Gasteiger partial charge in [0.15, 0.2) is 0 Å². The zero-order valence-electron chi connectivity index (χ0n) is 10.5. The number of benzene rings is 1. The molecule has 0 saturated heterocycles. The maximum Gasteiger partial charge on any atom is 0.211 e. The fourth-order valence-electron chi connectivity index (χ4n) is 1.64. The fourth-order valence-corrected chi connectivity index (χ4v) is 2.82. The maximum absolute atomic E-state index is 11.5. The SMILES string of the molecule is O=S(=O)(CCCCO)NCCCc1ccccc1. The van der Waals surface area contributed by atoms with Crippen molar-refractivity contribution in [1.82, 2.24) is 4.72 Å². The monoisotopic (exact) mass is 271 g/mol. The molecule has 0 saturated carbocycles. The number of rotatable bonds is 9. The van der Waals surface area contributed by atoms with Crippen LogP contribution < -0.4 is 4.72 Å². The van der Waals surface area contributed by atoms with Gasteiger partial charge in [-0.2, -0.15) is 0 Å². The van der Waals surface area contributed by atoms with Crippen molar-refractivity contribution in [3.63, 3.8) is 0 Å². The Morgan fingerprint density at radius 1 is 1.06 bits per heavy atom. The van der Waals surface area contributed by atoms with Gasteiger partial charge in [-0.05, 0) is 31.2 Å². The van der Waals surface area contributed by atoms with E-state index in [1.807, 2.05) is 30.3 Å². The van der Waals surface area contributed by atoms with Gasteiger partial charge in [0.1, 0.15) is 0 Å². The van der Waals surface area contributed by atoms with Gasteiger partial charge >= 0.3 is 0 Å². The Hall–Kier alpha value is -0.910. The Labute approximate surface area is 109 Å². The van der Waals surface area contributed by atoms with E-state index in [2.05, 4.69) is 4.72 Å². The summed E-state index contributed by atoms with van der Waals surface area (Å²) < 4.78 is 25.6. The summed E-state index contributed by atoms with van der Waals surface area (Å²) in [5.74, 6) is 0.0961. The third-order valence-corrected chi connectivity index (χ3v) is 4.10. The third-order valence-electron chi connectivity index (χ3n) is 2.63. The van der Waals surface area contributed by atoms with Crippen LogP contribution in [0.3, 0.4) is 0 Å². The molecule has 4 nitrogen and oxygen atoms in total. The zero-order valence-corrected chi connectivity index (χ0v) is 11.3. The first kappa shape index (κ1) is 15.1.